The number of nitrogens with zero attached hydrogens (tertiary/aromatic N) is 1. The second kappa shape index (κ2) is 6.59. The third-order valence-electron chi connectivity index (χ3n) is 5.05. The first-order valence-corrected chi connectivity index (χ1v) is 8.21. The van der Waals surface area contributed by atoms with Crippen molar-refractivity contribution in [3.05, 3.63) is 23.8 Å². The Labute approximate surface area is 132 Å². The van der Waals surface area contributed by atoms with Crippen molar-refractivity contribution in [3.8, 4) is 11.5 Å². The van der Waals surface area contributed by atoms with Crippen LogP contribution in [-0.4, -0.2) is 37.6 Å². The van der Waals surface area contributed by atoms with E-state index in [2.05, 4.69) is 4.90 Å². The molecule has 2 aliphatic rings. The molecule has 1 aliphatic carbocycles. The van der Waals surface area contributed by atoms with Crippen LogP contribution in [0.2, 0.25) is 0 Å². The van der Waals surface area contributed by atoms with Crippen LogP contribution in [-0.2, 0) is 11.2 Å². The van der Waals surface area contributed by atoms with E-state index in [1.54, 1.807) is 14.2 Å². The van der Waals surface area contributed by atoms with Crippen molar-refractivity contribution in [2.45, 2.75) is 44.6 Å². The molecule has 0 spiro atoms. The number of likely N-dealkylation sites (tertiary alicyclic amines) is 1. The van der Waals surface area contributed by atoms with Crippen LogP contribution in [0.15, 0.2) is 18.2 Å². The molecular formula is C18H25NO3. The fourth-order valence-electron chi connectivity index (χ4n) is 3.88. The SMILES string of the molecule is COc1ccc(CCC(=O)N2C[C@@H]3CCC[C@H]2C3)cc1OC. The predicted octanol–water partition coefficient (Wildman–Crippen LogP) is 3.04. The molecule has 3 rings (SSSR count). The van der Waals surface area contributed by atoms with Crippen molar-refractivity contribution in [1.29, 1.82) is 0 Å². The molecule has 0 N–H and O–H groups in total. The zero-order chi connectivity index (χ0) is 15.5. The molecule has 2 fully saturated rings. The summed E-state index contributed by atoms with van der Waals surface area (Å²) in [6.45, 7) is 0.982. The molecule has 22 heavy (non-hydrogen) atoms. The summed E-state index contributed by atoms with van der Waals surface area (Å²) in [5, 5.41) is 0. The highest BCUT2D eigenvalue weighted by atomic mass is 16.5. The van der Waals surface area contributed by atoms with Crippen LogP contribution in [0.25, 0.3) is 0 Å². The summed E-state index contributed by atoms with van der Waals surface area (Å²) in [5.74, 6) is 2.52. The van der Waals surface area contributed by atoms with Gasteiger partial charge in [-0.3, -0.25) is 4.79 Å². The van der Waals surface area contributed by atoms with Gasteiger partial charge < -0.3 is 14.4 Å². The fourth-order valence-corrected chi connectivity index (χ4v) is 3.88. The number of methoxy groups -OCH3 is 2. The lowest BCUT2D eigenvalue weighted by molar-refractivity contribution is -0.132. The van der Waals surface area contributed by atoms with Crippen molar-refractivity contribution in [1.82, 2.24) is 4.90 Å². The number of fused-ring (bicyclic) bond motifs is 2. The molecule has 0 aromatic heterocycles. The molecule has 1 amide bonds. The Balaban J connectivity index is 1.59. The molecule has 1 aromatic rings. The van der Waals surface area contributed by atoms with Gasteiger partial charge in [0, 0.05) is 19.0 Å². The number of hydrogen-bond acceptors (Lipinski definition) is 3. The van der Waals surface area contributed by atoms with Crippen LogP contribution in [0.3, 0.4) is 0 Å². The van der Waals surface area contributed by atoms with E-state index in [4.69, 9.17) is 9.47 Å². The van der Waals surface area contributed by atoms with Gasteiger partial charge in [-0.1, -0.05) is 12.5 Å². The molecule has 1 saturated carbocycles. The van der Waals surface area contributed by atoms with Gasteiger partial charge in [-0.15, -0.1) is 0 Å². The second-order valence-electron chi connectivity index (χ2n) is 6.42. The Hall–Kier alpha value is -1.71. The molecule has 2 bridgehead atoms. The standard InChI is InChI=1S/C18H25NO3/c1-21-16-8-6-13(11-17(16)22-2)7-9-18(20)19-12-14-4-3-5-15(19)10-14/h6,8,11,14-15H,3-5,7,9-10,12H2,1-2H3/t14-,15+/m1/s1. The Bertz CT molecular complexity index is 543. The maximum atomic E-state index is 12.5. The van der Waals surface area contributed by atoms with E-state index in [9.17, 15) is 4.79 Å². The summed E-state index contributed by atoms with van der Waals surface area (Å²) in [7, 11) is 3.27. The Kier molecular flexibility index (Phi) is 4.55. The molecule has 1 aliphatic heterocycles. The molecular weight excluding hydrogens is 278 g/mol. The number of ether oxygens (including phenoxy) is 2. The quantitative estimate of drug-likeness (QED) is 0.839. The molecule has 0 radical (unpaired) electrons. The van der Waals surface area contributed by atoms with Crippen molar-refractivity contribution >= 4 is 5.91 Å². The highest BCUT2D eigenvalue weighted by Gasteiger charge is 2.37. The zero-order valence-electron chi connectivity index (χ0n) is 13.5. The van der Waals surface area contributed by atoms with Crippen LogP contribution in [0.5, 0.6) is 11.5 Å². The average molecular weight is 303 g/mol. The van der Waals surface area contributed by atoms with Crippen molar-refractivity contribution in [2.24, 2.45) is 5.92 Å². The summed E-state index contributed by atoms with van der Waals surface area (Å²) >= 11 is 0. The summed E-state index contributed by atoms with van der Waals surface area (Å²) < 4.78 is 10.6. The summed E-state index contributed by atoms with van der Waals surface area (Å²) in [5.41, 5.74) is 1.12. The molecule has 1 heterocycles. The first kappa shape index (κ1) is 15.2. The van der Waals surface area contributed by atoms with Gasteiger partial charge >= 0.3 is 0 Å². The Morgan fingerprint density at radius 3 is 2.77 bits per heavy atom. The highest BCUT2D eigenvalue weighted by molar-refractivity contribution is 5.77. The topological polar surface area (TPSA) is 38.8 Å². The number of aryl methyl sites for hydroxylation is 1. The van der Waals surface area contributed by atoms with Gasteiger partial charge in [0.2, 0.25) is 5.91 Å². The molecule has 0 unspecified atom stereocenters. The van der Waals surface area contributed by atoms with Crippen molar-refractivity contribution in [2.75, 3.05) is 20.8 Å². The van der Waals surface area contributed by atoms with E-state index in [1.807, 2.05) is 18.2 Å². The van der Waals surface area contributed by atoms with Crippen LogP contribution in [0.4, 0.5) is 0 Å². The molecule has 4 heteroatoms. The molecule has 4 nitrogen and oxygen atoms in total. The van der Waals surface area contributed by atoms with Gasteiger partial charge in [0.1, 0.15) is 0 Å². The number of carbonyl (C=O) groups is 1. The van der Waals surface area contributed by atoms with E-state index >= 15 is 0 Å². The molecule has 120 valence electrons. The number of carbonyl (C=O) groups excluding carboxylic acids is 1. The van der Waals surface area contributed by atoms with Crippen molar-refractivity contribution < 1.29 is 14.3 Å². The van der Waals surface area contributed by atoms with Crippen LogP contribution in [0, 0.1) is 5.92 Å². The lowest BCUT2D eigenvalue weighted by Crippen LogP contribution is -2.35. The summed E-state index contributed by atoms with van der Waals surface area (Å²) in [6, 6.07) is 6.39. The number of amides is 1. The van der Waals surface area contributed by atoms with Gasteiger partial charge in [-0.05, 0) is 49.3 Å². The van der Waals surface area contributed by atoms with Gasteiger partial charge in [-0.25, -0.2) is 0 Å². The van der Waals surface area contributed by atoms with E-state index in [0.717, 1.165) is 35.9 Å². The maximum Gasteiger partial charge on any atom is 0.223 e. The monoisotopic (exact) mass is 303 g/mol. The van der Waals surface area contributed by atoms with Gasteiger partial charge in [0.25, 0.3) is 0 Å². The Morgan fingerprint density at radius 2 is 2.05 bits per heavy atom. The minimum absolute atomic E-state index is 0.309. The van der Waals surface area contributed by atoms with E-state index in [-0.39, 0.29) is 0 Å². The van der Waals surface area contributed by atoms with Gasteiger partial charge in [0.15, 0.2) is 11.5 Å². The molecule has 1 saturated heterocycles. The Morgan fingerprint density at radius 1 is 1.23 bits per heavy atom. The van der Waals surface area contributed by atoms with Crippen LogP contribution >= 0.6 is 0 Å². The summed E-state index contributed by atoms with van der Waals surface area (Å²) in [6.07, 6.45) is 6.34. The maximum absolute atomic E-state index is 12.5. The fraction of sp³-hybridized carbons (Fsp3) is 0.611. The second-order valence-corrected chi connectivity index (χ2v) is 6.42. The minimum atomic E-state index is 0.309. The number of hydrogen-bond donors (Lipinski definition) is 0. The minimum Gasteiger partial charge on any atom is -0.493 e. The van der Waals surface area contributed by atoms with Gasteiger partial charge in [0.05, 0.1) is 14.2 Å². The van der Waals surface area contributed by atoms with Crippen LogP contribution < -0.4 is 9.47 Å². The smallest absolute Gasteiger partial charge is 0.223 e. The third kappa shape index (κ3) is 3.06. The third-order valence-corrected chi connectivity index (χ3v) is 5.05. The average Bonchev–Trinajstić information content (AvgIpc) is 2.86. The first-order valence-electron chi connectivity index (χ1n) is 8.21. The first-order chi connectivity index (χ1) is 10.7. The normalized spacial score (nSPS) is 23.5. The largest absolute Gasteiger partial charge is 0.493 e. The van der Waals surface area contributed by atoms with Crippen molar-refractivity contribution in [3.63, 3.8) is 0 Å². The summed E-state index contributed by atoms with van der Waals surface area (Å²) in [4.78, 5) is 14.6. The lowest BCUT2D eigenvalue weighted by Gasteiger charge is -2.24. The van der Waals surface area contributed by atoms with Gasteiger partial charge in [-0.2, -0.15) is 0 Å². The number of rotatable bonds is 5. The molecule has 1 aromatic carbocycles. The zero-order valence-corrected chi connectivity index (χ0v) is 13.5. The van der Waals surface area contributed by atoms with E-state index in [1.165, 1.54) is 25.7 Å². The lowest BCUT2D eigenvalue weighted by atomic mass is 9.90. The van der Waals surface area contributed by atoms with Crippen LogP contribution in [0.1, 0.15) is 37.7 Å². The van der Waals surface area contributed by atoms with E-state index in [0.29, 0.717) is 18.4 Å². The highest BCUT2D eigenvalue weighted by Crippen LogP contribution is 2.36. The van der Waals surface area contributed by atoms with E-state index < -0.39 is 0 Å². The predicted molar refractivity (Wildman–Crippen MR) is 85.3 cm³/mol. The molecule has 2 atom stereocenters. The number of benzene rings is 1.